The van der Waals surface area contributed by atoms with E-state index in [-0.39, 0.29) is 47.8 Å². The molecule has 0 N–H and O–H groups in total. The van der Waals surface area contributed by atoms with Gasteiger partial charge in [0.2, 0.25) is 5.76 Å². The van der Waals surface area contributed by atoms with Gasteiger partial charge < -0.3 is 17.6 Å². The van der Waals surface area contributed by atoms with Gasteiger partial charge in [-0.15, -0.1) is 0 Å². The van der Waals surface area contributed by atoms with Crippen LogP contribution < -0.4 is 34.3 Å². The summed E-state index contributed by atoms with van der Waals surface area (Å²) in [6.45, 7) is 6.21. The summed E-state index contributed by atoms with van der Waals surface area (Å²) < 4.78 is 79.3. The van der Waals surface area contributed by atoms with E-state index in [9.17, 15) is 17.6 Å². The van der Waals surface area contributed by atoms with Crippen LogP contribution in [-0.2, 0) is 32.1 Å². The number of benzene rings is 2. The maximum atomic E-state index is 14.6. The van der Waals surface area contributed by atoms with E-state index in [0.29, 0.717) is 29.1 Å². The van der Waals surface area contributed by atoms with Gasteiger partial charge in [0.15, 0.2) is 17.5 Å². The summed E-state index contributed by atoms with van der Waals surface area (Å²) in [5, 5.41) is 0. The van der Waals surface area contributed by atoms with Gasteiger partial charge in [0.05, 0.1) is 0 Å². The molecule has 1 unspecified atom stereocenters. The molecule has 1 aliphatic rings. The van der Waals surface area contributed by atoms with Crippen molar-refractivity contribution in [3.8, 4) is 16.9 Å². The molecule has 0 saturated carbocycles. The number of para-hydroxylation sites is 1. The molecule has 0 aliphatic carbocycles. The molecule has 5 nitrogen and oxygen atoms in total. The number of aromatic nitrogens is 1. The summed E-state index contributed by atoms with van der Waals surface area (Å²) in [5.74, 6) is -3.36. The van der Waals surface area contributed by atoms with Crippen LogP contribution in [0.25, 0.3) is 11.1 Å². The van der Waals surface area contributed by atoms with E-state index in [1.807, 2.05) is 13.8 Å². The molecule has 2 heterocycles. The molecule has 0 saturated heterocycles. The Kier molecular flexibility index (Phi) is 14.3. The van der Waals surface area contributed by atoms with Crippen molar-refractivity contribution in [2.45, 2.75) is 64.7 Å². The minimum atomic E-state index is -3.23. The molecule has 36 heavy (non-hydrogen) atoms. The number of hydrogen-bond acceptors (Lipinski definition) is 6. The number of alkyl halides is 2. The van der Waals surface area contributed by atoms with Gasteiger partial charge in [0.25, 0.3) is 0 Å². The van der Waals surface area contributed by atoms with Crippen molar-refractivity contribution in [2.24, 2.45) is 0 Å². The number of ether oxygens (including phenoxy) is 1. The Labute approximate surface area is 232 Å². The van der Waals surface area contributed by atoms with Crippen molar-refractivity contribution >= 4 is 10.7 Å². The SMILES string of the molecule is CC.CCCCC1Cc2ccc(F)c(c2)-c2cccc(F)c2OCc2coc1n2.O=[S-](=O)C(F)F.[Na+]. The second-order valence-corrected chi connectivity index (χ2v) is 8.34. The van der Waals surface area contributed by atoms with Crippen molar-refractivity contribution in [3.05, 3.63) is 71.4 Å². The van der Waals surface area contributed by atoms with Gasteiger partial charge in [-0.2, -0.15) is 0 Å². The number of rotatable bonds is 4. The Bertz CT molecular complexity index is 1160. The molecule has 1 aliphatic heterocycles. The van der Waals surface area contributed by atoms with E-state index < -0.39 is 28.1 Å². The van der Waals surface area contributed by atoms with Gasteiger partial charge in [0, 0.05) is 17.0 Å². The Morgan fingerprint density at radius 2 is 1.78 bits per heavy atom. The Morgan fingerprint density at radius 1 is 1.08 bits per heavy atom. The first kappa shape index (κ1) is 32.1. The monoisotopic (exact) mass is 537 g/mol. The number of nitrogens with zero attached hydrogens (tertiary/aromatic N) is 1. The molecule has 1 atom stereocenters. The van der Waals surface area contributed by atoms with Crippen LogP contribution in [0.2, 0.25) is 0 Å². The second kappa shape index (κ2) is 16.1. The molecule has 4 bridgehead atoms. The zero-order chi connectivity index (χ0) is 26.0. The van der Waals surface area contributed by atoms with E-state index in [1.165, 1.54) is 12.1 Å². The van der Waals surface area contributed by atoms with Gasteiger partial charge in [-0.05, 0) is 47.3 Å². The molecule has 192 valence electrons. The number of oxazole rings is 1. The Morgan fingerprint density at radius 3 is 2.42 bits per heavy atom. The molecule has 11 heteroatoms. The van der Waals surface area contributed by atoms with Gasteiger partial charge in [-0.3, -0.25) is 0 Å². The van der Waals surface area contributed by atoms with Crippen molar-refractivity contribution in [1.82, 2.24) is 4.98 Å². The van der Waals surface area contributed by atoms with Gasteiger partial charge >= 0.3 is 29.6 Å². The van der Waals surface area contributed by atoms with Crippen LogP contribution in [-0.4, -0.2) is 10.7 Å². The van der Waals surface area contributed by atoms with Crippen molar-refractivity contribution in [3.63, 3.8) is 0 Å². The summed E-state index contributed by atoms with van der Waals surface area (Å²) in [7, 11) is -3.20. The zero-order valence-corrected chi connectivity index (χ0v) is 23.5. The molecule has 3 aromatic rings. The standard InChI is InChI=1S/C22H21F2NO2.C2H6.CHF2O2S.Na/c1-2-3-5-15-10-14-8-9-19(23)18(11-14)17-6-4-7-20(24)21(17)26-12-16-13-27-22(15)25-16;1-2;2-1(3)6(4)5;/h4,6-9,11,13,15H,2-3,5,10,12H2,1H3;1-2H3;1H;/q;;-1;+1. The largest absolute Gasteiger partial charge is 1.00 e. The fourth-order valence-corrected chi connectivity index (χ4v) is 3.54. The van der Waals surface area contributed by atoms with Crippen LogP contribution in [0.4, 0.5) is 17.6 Å². The average molecular weight is 538 g/mol. The third kappa shape index (κ3) is 8.90. The van der Waals surface area contributed by atoms with E-state index in [4.69, 9.17) is 17.6 Å². The van der Waals surface area contributed by atoms with E-state index in [2.05, 4.69) is 11.9 Å². The van der Waals surface area contributed by atoms with Gasteiger partial charge in [0.1, 0.15) is 24.4 Å². The molecule has 0 fully saturated rings. The third-order valence-electron chi connectivity index (χ3n) is 5.10. The normalized spacial score (nSPS) is 14.0. The van der Waals surface area contributed by atoms with E-state index >= 15 is 0 Å². The van der Waals surface area contributed by atoms with Crippen molar-refractivity contribution in [1.29, 1.82) is 0 Å². The molecular formula is C25H28F4NNaO4S. The summed E-state index contributed by atoms with van der Waals surface area (Å²) in [4.78, 5) is 4.55. The quantitative estimate of drug-likeness (QED) is 0.277. The van der Waals surface area contributed by atoms with Crippen LogP contribution in [0.3, 0.4) is 0 Å². The first-order chi connectivity index (χ1) is 16.8. The molecule has 0 radical (unpaired) electrons. The van der Waals surface area contributed by atoms with Crippen molar-refractivity contribution < 1.29 is 64.7 Å². The van der Waals surface area contributed by atoms with Crippen LogP contribution in [0.5, 0.6) is 5.75 Å². The molecule has 1 aromatic heterocycles. The average Bonchev–Trinajstić information content (AvgIpc) is 3.32. The number of hydrogen-bond donors (Lipinski definition) is 0. The molecule has 0 spiro atoms. The van der Waals surface area contributed by atoms with E-state index in [1.54, 1.807) is 30.5 Å². The maximum Gasteiger partial charge on any atom is 1.00 e. The first-order valence-electron chi connectivity index (χ1n) is 11.3. The molecule has 2 aromatic carbocycles. The number of fused-ring (bicyclic) bond motifs is 6. The van der Waals surface area contributed by atoms with Crippen LogP contribution in [0.15, 0.2) is 47.1 Å². The fraction of sp³-hybridized carbons (Fsp3) is 0.400. The van der Waals surface area contributed by atoms with Crippen LogP contribution in [0.1, 0.15) is 63.1 Å². The summed E-state index contributed by atoms with van der Waals surface area (Å²) >= 11 is 0. The topological polar surface area (TPSA) is 69.4 Å². The van der Waals surface area contributed by atoms with Crippen LogP contribution >= 0.6 is 0 Å². The molecule has 0 amide bonds. The number of unbranched alkanes of at least 4 members (excludes halogenated alkanes) is 1. The summed E-state index contributed by atoms with van der Waals surface area (Å²) in [5.41, 5.74) is 2.32. The van der Waals surface area contributed by atoms with Gasteiger partial charge in [-0.25, -0.2) is 22.5 Å². The fourth-order valence-electron chi connectivity index (χ4n) is 3.54. The minimum absolute atomic E-state index is 0. The molecule has 4 rings (SSSR count). The first-order valence-corrected chi connectivity index (χ1v) is 12.4. The second-order valence-electron chi connectivity index (χ2n) is 7.46. The summed E-state index contributed by atoms with van der Waals surface area (Å²) in [6.07, 6.45) is 5.33. The third-order valence-corrected chi connectivity index (χ3v) is 5.40. The zero-order valence-electron chi connectivity index (χ0n) is 20.7. The smallest absolute Gasteiger partial charge is 0.483 e. The van der Waals surface area contributed by atoms with E-state index in [0.717, 1.165) is 24.8 Å². The minimum Gasteiger partial charge on any atom is -0.483 e. The van der Waals surface area contributed by atoms with Gasteiger partial charge in [-0.1, -0.05) is 51.8 Å². The Balaban J connectivity index is 0.000000635. The van der Waals surface area contributed by atoms with Crippen molar-refractivity contribution in [2.75, 3.05) is 0 Å². The Hall–Kier alpha value is -1.88. The number of halogens is 4. The van der Waals surface area contributed by atoms with Crippen LogP contribution in [0, 0.1) is 11.6 Å². The predicted octanol–water partition coefficient (Wildman–Crippen LogP) is 4.58. The maximum absolute atomic E-state index is 14.6. The predicted molar refractivity (Wildman–Crippen MR) is 125 cm³/mol. The molecular weight excluding hydrogens is 509 g/mol. The summed E-state index contributed by atoms with van der Waals surface area (Å²) in [6, 6.07) is 9.53.